The van der Waals surface area contributed by atoms with E-state index in [-0.39, 0.29) is 11.9 Å². The number of ether oxygens (including phenoxy) is 2. The van der Waals surface area contributed by atoms with Crippen LogP contribution in [-0.4, -0.2) is 26.3 Å². The Morgan fingerprint density at radius 3 is 2.88 bits per heavy atom. The SMILES string of the molecule is C/C=C1\CCCC[C@@H]1C(COC)C(=O)OCC. The summed E-state index contributed by atoms with van der Waals surface area (Å²) in [5.41, 5.74) is 1.39. The molecule has 0 bridgehead atoms. The lowest BCUT2D eigenvalue weighted by molar-refractivity contribution is -0.151. The maximum Gasteiger partial charge on any atom is 0.311 e. The number of carbonyl (C=O) groups is 1. The topological polar surface area (TPSA) is 35.5 Å². The molecule has 17 heavy (non-hydrogen) atoms. The second kappa shape index (κ2) is 7.49. The first-order valence-corrected chi connectivity index (χ1v) is 6.55. The number of carbonyl (C=O) groups excluding carboxylic acids is 1. The minimum absolute atomic E-state index is 0.111. The molecule has 1 rings (SSSR count). The van der Waals surface area contributed by atoms with Crippen molar-refractivity contribution in [2.75, 3.05) is 20.3 Å². The predicted octanol–water partition coefficient (Wildman–Crippen LogP) is 2.95. The van der Waals surface area contributed by atoms with E-state index >= 15 is 0 Å². The van der Waals surface area contributed by atoms with E-state index in [2.05, 4.69) is 13.0 Å². The van der Waals surface area contributed by atoms with Crippen molar-refractivity contribution in [3.05, 3.63) is 11.6 Å². The Balaban J connectivity index is 2.76. The van der Waals surface area contributed by atoms with E-state index < -0.39 is 0 Å². The highest BCUT2D eigenvalue weighted by molar-refractivity contribution is 5.73. The maximum absolute atomic E-state index is 12.0. The van der Waals surface area contributed by atoms with Gasteiger partial charge in [0.05, 0.1) is 19.1 Å². The lowest BCUT2D eigenvalue weighted by Crippen LogP contribution is -2.32. The Bertz CT molecular complexity index is 271. The first kappa shape index (κ1) is 14.2. The van der Waals surface area contributed by atoms with Crippen molar-refractivity contribution in [1.82, 2.24) is 0 Å². The molecule has 0 heterocycles. The molecule has 0 N–H and O–H groups in total. The van der Waals surface area contributed by atoms with Crippen molar-refractivity contribution in [3.63, 3.8) is 0 Å². The highest BCUT2D eigenvalue weighted by atomic mass is 16.5. The van der Waals surface area contributed by atoms with Crippen molar-refractivity contribution in [2.24, 2.45) is 11.8 Å². The summed E-state index contributed by atoms with van der Waals surface area (Å²) in [6.07, 6.45) is 6.78. The second-order valence-electron chi connectivity index (χ2n) is 4.53. The Hall–Kier alpha value is -0.830. The fraction of sp³-hybridized carbons (Fsp3) is 0.786. The van der Waals surface area contributed by atoms with Gasteiger partial charge in [-0.2, -0.15) is 0 Å². The van der Waals surface area contributed by atoms with Gasteiger partial charge in [-0.05, 0) is 39.0 Å². The molecule has 0 saturated heterocycles. The van der Waals surface area contributed by atoms with E-state index in [4.69, 9.17) is 9.47 Å². The molecule has 3 nitrogen and oxygen atoms in total. The number of methoxy groups -OCH3 is 1. The molecule has 98 valence electrons. The average molecular weight is 240 g/mol. The van der Waals surface area contributed by atoms with Crippen LogP contribution in [0.3, 0.4) is 0 Å². The van der Waals surface area contributed by atoms with Crippen molar-refractivity contribution in [3.8, 4) is 0 Å². The van der Waals surface area contributed by atoms with Crippen molar-refractivity contribution in [1.29, 1.82) is 0 Å². The van der Waals surface area contributed by atoms with Crippen LogP contribution in [0.2, 0.25) is 0 Å². The molecular formula is C14H24O3. The van der Waals surface area contributed by atoms with Crippen molar-refractivity contribution >= 4 is 5.97 Å². The number of hydrogen-bond acceptors (Lipinski definition) is 3. The number of allylic oxidation sites excluding steroid dienone is 2. The summed E-state index contributed by atoms with van der Waals surface area (Å²) in [5.74, 6) is 0.0693. The van der Waals surface area contributed by atoms with Gasteiger partial charge in [-0.15, -0.1) is 0 Å². The summed E-state index contributed by atoms with van der Waals surface area (Å²) in [6, 6.07) is 0. The van der Waals surface area contributed by atoms with E-state index in [1.807, 2.05) is 6.92 Å². The second-order valence-corrected chi connectivity index (χ2v) is 4.53. The van der Waals surface area contributed by atoms with Gasteiger partial charge in [0, 0.05) is 7.11 Å². The van der Waals surface area contributed by atoms with Crippen LogP contribution in [0.25, 0.3) is 0 Å². The van der Waals surface area contributed by atoms with Crippen LogP contribution in [0, 0.1) is 11.8 Å². The molecule has 1 aliphatic carbocycles. The first-order valence-electron chi connectivity index (χ1n) is 6.55. The lowest BCUT2D eigenvalue weighted by Gasteiger charge is -2.31. The molecular weight excluding hydrogens is 216 g/mol. The van der Waals surface area contributed by atoms with E-state index in [9.17, 15) is 4.79 Å². The Kier molecular flexibility index (Phi) is 6.27. The molecule has 0 aromatic heterocycles. The van der Waals surface area contributed by atoms with Gasteiger partial charge in [-0.25, -0.2) is 0 Å². The zero-order valence-corrected chi connectivity index (χ0v) is 11.2. The zero-order valence-electron chi connectivity index (χ0n) is 11.2. The van der Waals surface area contributed by atoms with Gasteiger partial charge in [-0.1, -0.05) is 18.1 Å². The van der Waals surface area contributed by atoms with Gasteiger partial charge in [0.25, 0.3) is 0 Å². The molecule has 0 aromatic rings. The molecule has 0 amide bonds. The number of rotatable bonds is 5. The van der Waals surface area contributed by atoms with Crippen LogP contribution in [-0.2, 0) is 14.3 Å². The first-order chi connectivity index (χ1) is 8.24. The fourth-order valence-corrected chi connectivity index (χ4v) is 2.66. The molecule has 1 fully saturated rings. The zero-order chi connectivity index (χ0) is 12.7. The standard InChI is InChI=1S/C14H24O3/c1-4-11-8-6-7-9-12(11)13(10-16-3)14(15)17-5-2/h4,12-13H,5-10H2,1-3H3/b11-4+/t12-,13?/m0/s1. The third kappa shape index (κ3) is 3.84. The smallest absolute Gasteiger partial charge is 0.311 e. The Labute approximate surface area is 104 Å². The minimum Gasteiger partial charge on any atom is -0.466 e. The molecule has 1 unspecified atom stereocenters. The fourth-order valence-electron chi connectivity index (χ4n) is 2.66. The number of hydrogen-bond donors (Lipinski definition) is 0. The van der Waals surface area contributed by atoms with Crippen LogP contribution in [0.15, 0.2) is 11.6 Å². The summed E-state index contributed by atoms with van der Waals surface area (Å²) in [7, 11) is 1.64. The summed E-state index contributed by atoms with van der Waals surface area (Å²) in [6.45, 7) is 4.81. The van der Waals surface area contributed by atoms with Crippen molar-refractivity contribution in [2.45, 2.75) is 39.5 Å². The Morgan fingerprint density at radius 1 is 1.53 bits per heavy atom. The van der Waals surface area contributed by atoms with Gasteiger partial charge in [-0.3, -0.25) is 4.79 Å². The normalized spacial score (nSPS) is 24.6. The van der Waals surface area contributed by atoms with Gasteiger partial charge in [0.2, 0.25) is 0 Å². The summed E-state index contributed by atoms with van der Waals surface area (Å²) in [4.78, 5) is 12.0. The van der Waals surface area contributed by atoms with Crippen molar-refractivity contribution < 1.29 is 14.3 Å². The lowest BCUT2D eigenvalue weighted by atomic mass is 9.76. The highest BCUT2D eigenvalue weighted by Crippen LogP contribution is 2.35. The molecule has 0 radical (unpaired) electrons. The summed E-state index contributed by atoms with van der Waals surface area (Å²) < 4.78 is 10.3. The number of esters is 1. The summed E-state index contributed by atoms with van der Waals surface area (Å²) in [5, 5.41) is 0. The molecule has 0 aromatic carbocycles. The molecule has 1 aliphatic rings. The van der Waals surface area contributed by atoms with Gasteiger partial charge in [0.1, 0.15) is 0 Å². The Morgan fingerprint density at radius 2 is 2.29 bits per heavy atom. The molecule has 0 aliphatic heterocycles. The average Bonchev–Trinajstić information content (AvgIpc) is 2.36. The third-order valence-electron chi connectivity index (χ3n) is 3.50. The van der Waals surface area contributed by atoms with E-state index in [1.54, 1.807) is 7.11 Å². The van der Waals surface area contributed by atoms with Crippen LogP contribution < -0.4 is 0 Å². The minimum atomic E-state index is -0.133. The maximum atomic E-state index is 12.0. The van der Waals surface area contributed by atoms with E-state index in [0.717, 1.165) is 12.8 Å². The molecule has 2 atom stereocenters. The molecule has 3 heteroatoms. The summed E-state index contributed by atoms with van der Waals surface area (Å²) >= 11 is 0. The van der Waals surface area contributed by atoms with Gasteiger partial charge in [0.15, 0.2) is 0 Å². The third-order valence-corrected chi connectivity index (χ3v) is 3.50. The predicted molar refractivity (Wildman–Crippen MR) is 67.7 cm³/mol. The molecule has 0 spiro atoms. The monoisotopic (exact) mass is 240 g/mol. The van der Waals surface area contributed by atoms with Crippen LogP contribution in [0.5, 0.6) is 0 Å². The van der Waals surface area contributed by atoms with E-state index in [1.165, 1.54) is 18.4 Å². The largest absolute Gasteiger partial charge is 0.466 e. The van der Waals surface area contributed by atoms with Gasteiger partial charge < -0.3 is 9.47 Å². The van der Waals surface area contributed by atoms with Crippen LogP contribution >= 0.6 is 0 Å². The highest BCUT2D eigenvalue weighted by Gasteiger charge is 2.33. The molecule has 1 saturated carbocycles. The van der Waals surface area contributed by atoms with Gasteiger partial charge >= 0.3 is 5.97 Å². The van der Waals surface area contributed by atoms with E-state index in [0.29, 0.717) is 19.1 Å². The quantitative estimate of drug-likeness (QED) is 0.547. The van der Waals surface area contributed by atoms with Crippen LogP contribution in [0.1, 0.15) is 39.5 Å². The van der Waals surface area contributed by atoms with Crippen LogP contribution in [0.4, 0.5) is 0 Å².